The normalized spacial score (nSPS) is 12.9. The molecule has 0 radical (unpaired) electrons. The lowest BCUT2D eigenvalue weighted by atomic mass is 10.1. The molecule has 4 rings (SSSR count). The molecular weight excluding hydrogens is 450 g/mol. The van der Waals surface area contributed by atoms with Crippen LogP contribution in [0.25, 0.3) is 16.9 Å². The molecule has 3 aromatic rings. The van der Waals surface area contributed by atoms with E-state index in [0.717, 1.165) is 5.56 Å². The summed E-state index contributed by atoms with van der Waals surface area (Å²) in [5.41, 5.74) is 2.52. The van der Waals surface area contributed by atoms with Crippen LogP contribution in [-0.2, 0) is 19.1 Å². The Morgan fingerprint density at radius 2 is 1.51 bits per heavy atom. The molecule has 1 aliphatic heterocycles. The predicted molar refractivity (Wildman–Crippen MR) is 128 cm³/mol. The van der Waals surface area contributed by atoms with E-state index in [1.807, 2.05) is 30.3 Å². The van der Waals surface area contributed by atoms with Gasteiger partial charge < -0.3 is 19.5 Å². The second-order valence-electron chi connectivity index (χ2n) is 7.33. The summed E-state index contributed by atoms with van der Waals surface area (Å²) in [5, 5.41) is 13.7. The number of carboxylic acid groups (broad SMARTS) is 1. The number of anilines is 1. The van der Waals surface area contributed by atoms with E-state index in [1.54, 1.807) is 47.3 Å². The number of hydrogen-bond donors (Lipinski definition) is 1. The van der Waals surface area contributed by atoms with Gasteiger partial charge in [0.2, 0.25) is 0 Å². The number of ether oxygens (including phenoxy) is 2. The van der Waals surface area contributed by atoms with Crippen molar-refractivity contribution in [3.63, 3.8) is 0 Å². The molecule has 2 heterocycles. The average molecular weight is 471 g/mol. The highest BCUT2D eigenvalue weighted by molar-refractivity contribution is 6.05. The summed E-state index contributed by atoms with van der Waals surface area (Å²) < 4.78 is 11.3. The Hall–Kier alpha value is -4.92. The first-order chi connectivity index (χ1) is 16.9. The number of carbonyl (C=O) groups is 3. The molecule has 0 bridgehead atoms. The van der Waals surface area contributed by atoms with Crippen molar-refractivity contribution < 1.29 is 29.0 Å². The van der Waals surface area contributed by atoms with Crippen LogP contribution >= 0.6 is 0 Å². The number of carboxylic acids is 1. The number of aromatic nitrogens is 2. The molecule has 0 saturated heterocycles. The fraction of sp³-hybridized carbons (Fsp3) is 0.0769. The number of rotatable bonds is 6. The minimum atomic E-state index is -1.14. The minimum Gasteiger partial charge on any atom is -0.476 e. The van der Waals surface area contributed by atoms with Crippen molar-refractivity contribution in [2.75, 3.05) is 19.1 Å². The van der Waals surface area contributed by atoms with Crippen molar-refractivity contribution in [1.29, 1.82) is 0 Å². The third-order valence-electron chi connectivity index (χ3n) is 5.26. The van der Waals surface area contributed by atoms with Crippen molar-refractivity contribution in [2.45, 2.75) is 0 Å². The zero-order chi connectivity index (χ0) is 24.9. The molecule has 176 valence electrons. The molecule has 1 aliphatic rings. The molecule has 0 saturated carbocycles. The summed E-state index contributed by atoms with van der Waals surface area (Å²) in [6.07, 6.45) is 6.39. The number of esters is 2. The predicted octanol–water partition coefficient (Wildman–Crippen LogP) is 3.73. The van der Waals surface area contributed by atoms with E-state index in [-0.39, 0.29) is 17.0 Å². The molecule has 2 aromatic carbocycles. The van der Waals surface area contributed by atoms with E-state index in [2.05, 4.69) is 5.10 Å². The second-order valence-corrected chi connectivity index (χ2v) is 7.33. The molecule has 9 heteroatoms. The molecule has 0 aliphatic carbocycles. The summed E-state index contributed by atoms with van der Waals surface area (Å²) in [6, 6.07) is 17.7. The van der Waals surface area contributed by atoms with E-state index in [1.165, 1.54) is 31.3 Å². The van der Waals surface area contributed by atoms with Gasteiger partial charge in [-0.15, -0.1) is 0 Å². The fourth-order valence-electron chi connectivity index (χ4n) is 3.62. The highest BCUT2D eigenvalue weighted by Gasteiger charge is 2.27. The molecule has 35 heavy (non-hydrogen) atoms. The topological polar surface area (TPSA) is 111 Å². The Labute approximate surface area is 200 Å². The maximum Gasteiger partial charge on any atom is 0.356 e. The Morgan fingerprint density at radius 1 is 0.857 bits per heavy atom. The highest BCUT2D eigenvalue weighted by atomic mass is 16.5. The van der Waals surface area contributed by atoms with Gasteiger partial charge in [0.25, 0.3) is 0 Å². The van der Waals surface area contributed by atoms with Crippen LogP contribution in [-0.4, -0.2) is 47.0 Å². The fourth-order valence-corrected chi connectivity index (χ4v) is 3.62. The summed E-state index contributed by atoms with van der Waals surface area (Å²) in [6.45, 7) is 0. The van der Waals surface area contributed by atoms with Crippen LogP contribution in [0.2, 0.25) is 0 Å². The number of hydrogen-bond acceptors (Lipinski definition) is 7. The smallest absolute Gasteiger partial charge is 0.356 e. The standard InChI is InChI=1S/C26H21N3O6/c1-34-25(32)20-10-6-7-15-28(23(20)26(33)35-2)18-11-13-19(14-12-18)29-22(16-21(27-29)24(30)31)17-8-4-3-5-9-17/h3-16H,1-2H3,(H,30,31). The van der Waals surface area contributed by atoms with Crippen molar-refractivity contribution in [3.8, 4) is 16.9 Å². The molecule has 0 atom stereocenters. The maximum atomic E-state index is 12.6. The van der Waals surface area contributed by atoms with Gasteiger partial charge in [-0.3, -0.25) is 0 Å². The lowest BCUT2D eigenvalue weighted by Crippen LogP contribution is -2.26. The number of allylic oxidation sites excluding steroid dienone is 2. The zero-order valence-electron chi connectivity index (χ0n) is 18.9. The van der Waals surface area contributed by atoms with Crippen molar-refractivity contribution in [2.24, 2.45) is 0 Å². The van der Waals surface area contributed by atoms with Crippen molar-refractivity contribution >= 4 is 23.6 Å². The quantitative estimate of drug-likeness (QED) is 0.542. The maximum absolute atomic E-state index is 12.6. The number of aromatic carboxylic acids is 1. The van der Waals surface area contributed by atoms with Gasteiger partial charge in [-0.2, -0.15) is 5.10 Å². The molecule has 9 nitrogen and oxygen atoms in total. The van der Waals surface area contributed by atoms with Crippen LogP contribution in [0.4, 0.5) is 5.69 Å². The highest BCUT2D eigenvalue weighted by Crippen LogP contribution is 2.29. The lowest BCUT2D eigenvalue weighted by Gasteiger charge is -2.23. The summed E-state index contributed by atoms with van der Waals surface area (Å²) in [7, 11) is 2.46. The van der Waals surface area contributed by atoms with Crippen LogP contribution in [0.3, 0.4) is 0 Å². The van der Waals surface area contributed by atoms with Gasteiger partial charge >= 0.3 is 17.9 Å². The second kappa shape index (κ2) is 9.92. The van der Waals surface area contributed by atoms with Gasteiger partial charge in [0.15, 0.2) is 5.69 Å². The molecule has 0 unspecified atom stereocenters. The first kappa shape index (κ1) is 23.2. The van der Waals surface area contributed by atoms with Crippen LogP contribution in [0.15, 0.2) is 96.4 Å². The van der Waals surface area contributed by atoms with Gasteiger partial charge in [0.05, 0.1) is 31.2 Å². The molecular formula is C26H21N3O6. The van der Waals surface area contributed by atoms with Gasteiger partial charge in [0, 0.05) is 17.5 Å². The van der Waals surface area contributed by atoms with E-state index in [0.29, 0.717) is 17.1 Å². The van der Waals surface area contributed by atoms with Crippen LogP contribution in [0.1, 0.15) is 10.5 Å². The lowest BCUT2D eigenvalue weighted by molar-refractivity contribution is -0.139. The summed E-state index contributed by atoms with van der Waals surface area (Å²) in [5.74, 6) is -2.53. The van der Waals surface area contributed by atoms with Gasteiger partial charge in [-0.05, 0) is 42.5 Å². The van der Waals surface area contributed by atoms with Crippen molar-refractivity contribution in [3.05, 3.63) is 102 Å². The molecule has 1 aromatic heterocycles. The molecule has 1 N–H and O–H groups in total. The largest absolute Gasteiger partial charge is 0.476 e. The molecule has 0 spiro atoms. The number of nitrogens with zero attached hydrogens (tertiary/aromatic N) is 3. The third kappa shape index (κ3) is 4.60. The summed E-state index contributed by atoms with van der Waals surface area (Å²) >= 11 is 0. The monoisotopic (exact) mass is 471 g/mol. The first-order valence-corrected chi connectivity index (χ1v) is 10.5. The number of methoxy groups -OCH3 is 2. The van der Waals surface area contributed by atoms with Crippen LogP contribution in [0, 0.1) is 0 Å². The van der Waals surface area contributed by atoms with Crippen LogP contribution in [0.5, 0.6) is 0 Å². The van der Waals surface area contributed by atoms with E-state index >= 15 is 0 Å². The van der Waals surface area contributed by atoms with Gasteiger partial charge in [-0.1, -0.05) is 36.4 Å². The third-order valence-corrected chi connectivity index (χ3v) is 5.26. The minimum absolute atomic E-state index is 0.00525. The number of benzene rings is 2. The molecule has 0 fully saturated rings. The SMILES string of the molecule is COC(=O)C1=C(C(=O)OC)N(c2ccc(-n3nc(C(=O)O)cc3-c3ccccc3)cc2)C=CC=C1. The van der Waals surface area contributed by atoms with E-state index < -0.39 is 17.9 Å². The summed E-state index contributed by atoms with van der Waals surface area (Å²) in [4.78, 5) is 38.1. The van der Waals surface area contributed by atoms with E-state index in [4.69, 9.17) is 9.47 Å². The zero-order valence-corrected chi connectivity index (χ0v) is 18.9. The van der Waals surface area contributed by atoms with Gasteiger partial charge in [0.1, 0.15) is 5.70 Å². The average Bonchev–Trinajstić information content (AvgIpc) is 3.23. The number of carbonyl (C=O) groups excluding carboxylic acids is 2. The van der Waals surface area contributed by atoms with Crippen molar-refractivity contribution in [1.82, 2.24) is 9.78 Å². The molecule has 0 amide bonds. The Kier molecular flexibility index (Phi) is 6.59. The first-order valence-electron chi connectivity index (χ1n) is 10.5. The van der Waals surface area contributed by atoms with Crippen LogP contribution < -0.4 is 4.90 Å². The van der Waals surface area contributed by atoms with Gasteiger partial charge in [-0.25, -0.2) is 19.1 Å². The Morgan fingerprint density at radius 3 is 2.14 bits per heavy atom. The Balaban J connectivity index is 1.79. The Bertz CT molecular complexity index is 1370. The van der Waals surface area contributed by atoms with E-state index in [9.17, 15) is 19.5 Å².